The van der Waals surface area contributed by atoms with Crippen LogP contribution in [0, 0.1) is 5.92 Å². The first-order valence-corrected chi connectivity index (χ1v) is 13.4. The highest BCUT2D eigenvalue weighted by molar-refractivity contribution is 7.89. The number of methoxy groups -OCH3 is 1. The highest BCUT2D eigenvalue weighted by atomic mass is 32.2. The Bertz CT molecular complexity index is 1180. The number of benzene rings is 2. The van der Waals surface area contributed by atoms with Gasteiger partial charge in [0.15, 0.2) is 0 Å². The molecule has 33 heavy (non-hydrogen) atoms. The van der Waals surface area contributed by atoms with E-state index >= 15 is 0 Å². The van der Waals surface area contributed by atoms with Crippen LogP contribution in [0.1, 0.15) is 18.4 Å². The summed E-state index contributed by atoms with van der Waals surface area (Å²) in [7, 11) is -2.78. The second-order valence-corrected chi connectivity index (χ2v) is 12.1. The van der Waals surface area contributed by atoms with Gasteiger partial charge in [-0.1, -0.05) is 12.1 Å². The lowest BCUT2D eigenvalue weighted by molar-refractivity contribution is -0.126. The van der Waals surface area contributed by atoms with Gasteiger partial charge in [-0.05, 0) is 54.8 Å². The van der Waals surface area contributed by atoms with Crippen molar-refractivity contribution in [3.05, 3.63) is 54.1 Å². The second-order valence-electron chi connectivity index (χ2n) is 8.03. The van der Waals surface area contributed by atoms with Crippen molar-refractivity contribution in [2.45, 2.75) is 29.2 Å². The van der Waals surface area contributed by atoms with Gasteiger partial charge in [-0.2, -0.15) is 4.31 Å². The Hall–Kier alpha value is -2.47. The van der Waals surface area contributed by atoms with E-state index in [1.807, 2.05) is 0 Å². The number of ether oxygens (including phenoxy) is 1. The monoisotopic (exact) mass is 495 g/mol. The van der Waals surface area contributed by atoms with E-state index in [2.05, 4.69) is 5.32 Å². The standard InChI is InChI=1S/C22H29N3O6S2/c1-24(2)32(27,28)20-10-6-17(7-11-20)15-23-22(26)18-5-4-14-25(16-18)33(29,30)21-12-8-19(31-3)9-13-21/h6-13,18H,4-5,14-16H2,1-3H3,(H,23,26)/t18-/m0/s1. The van der Waals surface area contributed by atoms with Crippen molar-refractivity contribution in [1.29, 1.82) is 0 Å². The fourth-order valence-electron chi connectivity index (χ4n) is 3.60. The zero-order chi connectivity index (χ0) is 24.2. The number of carbonyl (C=O) groups excluding carboxylic acids is 1. The lowest BCUT2D eigenvalue weighted by Crippen LogP contribution is -2.45. The number of sulfonamides is 2. The fourth-order valence-corrected chi connectivity index (χ4v) is 6.02. The summed E-state index contributed by atoms with van der Waals surface area (Å²) in [4.78, 5) is 13.1. The Morgan fingerprint density at radius 1 is 1.03 bits per heavy atom. The molecular formula is C22H29N3O6S2. The Morgan fingerprint density at radius 3 is 2.21 bits per heavy atom. The molecule has 11 heteroatoms. The van der Waals surface area contributed by atoms with Crippen LogP contribution in [0.4, 0.5) is 0 Å². The van der Waals surface area contributed by atoms with Crippen LogP contribution >= 0.6 is 0 Å². The minimum absolute atomic E-state index is 0.111. The number of nitrogens with one attached hydrogen (secondary N) is 1. The van der Waals surface area contributed by atoms with Gasteiger partial charge in [0, 0.05) is 33.7 Å². The quantitative estimate of drug-likeness (QED) is 0.596. The Labute approximate surface area is 195 Å². The molecule has 0 aliphatic carbocycles. The van der Waals surface area contributed by atoms with E-state index in [9.17, 15) is 21.6 Å². The number of rotatable bonds is 8. The summed E-state index contributed by atoms with van der Waals surface area (Å²) < 4.78 is 57.9. The number of piperidine rings is 1. The maximum absolute atomic E-state index is 13.0. The van der Waals surface area contributed by atoms with Crippen LogP contribution in [0.3, 0.4) is 0 Å². The number of carbonyl (C=O) groups is 1. The van der Waals surface area contributed by atoms with Crippen molar-refractivity contribution >= 4 is 26.0 Å². The molecule has 2 aromatic rings. The summed E-state index contributed by atoms with van der Waals surface area (Å²) in [6.45, 7) is 0.697. The van der Waals surface area contributed by atoms with E-state index in [1.54, 1.807) is 24.3 Å². The molecule has 180 valence electrons. The second kappa shape index (κ2) is 10.2. The number of amides is 1. The third kappa shape index (κ3) is 5.72. The van der Waals surface area contributed by atoms with Gasteiger partial charge in [0.25, 0.3) is 0 Å². The molecule has 0 unspecified atom stereocenters. The van der Waals surface area contributed by atoms with Gasteiger partial charge in [-0.15, -0.1) is 0 Å². The molecule has 0 saturated carbocycles. The van der Waals surface area contributed by atoms with Crippen LogP contribution in [-0.4, -0.2) is 65.6 Å². The lowest BCUT2D eigenvalue weighted by atomic mass is 9.99. The topological polar surface area (TPSA) is 113 Å². The molecule has 0 spiro atoms. The van der Waals surface area contributed by atoms with E-state index in [4.69, 9.17) is 4.74 Å². The molecule has 1 fully saturated rings. The molecule has 9 nitrogen and oxygen atoms in total. The molecule has 1 aliphatic heterocycles. The summed E-state index contributed by atoms with van der Waals surface area (Å²) >= 11 is 0. The van der Waals surface area contributed by atoms with Gasteiger partial charge in [-0.25, -0.2) is 21.1 Å². The molecule has 1 amide bonds. The molecular weight excluding hydrogens is 466 g/mol. The van der Waals surface area contributed by atoms with Crippen molar-refractivity contribution in [3.8, 4) is 5.75 Å². The lowest BCUT2D eigenvalue weighted by Gasteiger charge is -2.31. The number of hydrogen-bond donors (Lipinski definition) is 1. The molecule has 2 aromatic carbocycles. The first kappa shape index (κ1) is 25.2. The smallest absolute Gasteiger partial charge is 0.243 e. The maximum atomic E-state index is 13.0. The Balaban J connectivity index is 1.61. The number of hydrogen-bond acceptors (Lipinski definition) is 6. The molecule has 3 rings (SSSR count). The van der Waals surface area contributed by atoms with Crippen LogP contribution in [0.15, 0.2) is 58.3 Å². The van der Waals surface area contributed by atoms with Crippen LogP contribution in [0.5, 0.6) is 5.75 Å². The van der Waals surface area contributed by atoms with Gasteiger partial charge < -0.3 is 10.1 Å². The molecule has 1 atom stereocenters. The minimum Gasteiger partial charge on any atom is -0.497 e. The zero-order valence-electron chi connectivity index (χ0n) is 18.9. The fraction of sp³-hybridized carbons (Fsp3) is 0.409. The predicted octanol–water partition coefficient (Wildman–Crippen LogP) is 1.66. The number of nitrogens with zero attached hydrogens (tertiary/aromatic N) is 2. The van der Waals surface area contributed by atoms with Gasteiger partial charge >= 0.3 is 0 Å². The summed E-state index contributed by atoms with van der Waals surface area (Å²) in [5.74, 6) is -0.119. The van der Waals surface area contributed by atoms with E-state index in [0.717, 1.165) is 9.87 Å². The summed E-state index contributed by atoms with van der Waals surface area (Å²) in [5, 5.41) is 2.84. The first-order valence-electron chi connectivity index (χ1n) is 10.5. The molecule has 0 aromatic heterocycles. The average molecular weight is 496 g/mol. The van der Waals surface area contributed by atoms with Gasteiger partial charge in [0.2, 0.25) is 26.0 Å². The molecule has 0 bridgehead atoms. The first-order chi connectivity index (χ1) is 15.6. The SMILES string of the molecule is COc1ccc(S(=O)(=O)N2CCC[C@H](C(=O)NCc3ccc(S(=O)(=O)N(C)C)cc3)C2)cc1. The van der Waals surface area contributed by atoms with E-state index in [0.29, 0.717) is 25.1 Å². The third-order valence-corrected chi connectivity index (χ3v) is 9.33. The summed E-state index contributed by atoms with van der Waals surface area (Å²) in [6, 6.07) is 12.5. The summed E-state index contributed by atoms with van der Waals surface area (Å²) in [5.41, 5.74) is 0.750. The average Bonchev–Trinajstić information content (AvgIpc) is 2.82. The molecule has 1 N–H and O–H groups in total. The normalized spacial score (nSPS) is 17.6. The Morgan fingerprint density at radius 2 is 1.64 bits per heavy atom. The van der Waals surface area contributed by atoms with Crippen LogP contribution < -0.4 is 10.1 Å². The largest absolute Gasteiger partial charge is 0.497 e. The van der Waals surface area contributed by atoms with Crippen LogP contribution in [0.2, 0.25) is 0 Å². The van der Waals surface area contributed by atoms with Crippen molar-refractivity contribution in [2.75, 3.05) is 34.3 Å². The zero-order valence-corrected chi connectivity index (χ0v) is 20.5. The highest BCUT2D eigenvalue weighted by Crippen LogP contribution is 2.25. The highest BCUT2D eigenvalue weighted by Gasteiger charge is 2.33. The predicted molar refractivity (Wildman–Crippen MR) is 124 cm³/mol. The van der Waals surface area contributed by atoms with Crippen LogP contribution in [-0.2, 0) is 31.4 Å². The van der Waals surface area contributed by atoms with Crippen molar-refractivity contribution in [1.82, 2.24) is 13.9 Å². The molecule has 1 saturated heterocycles. The Kier molecular flexibility index (Phi) is 7.78. The van der Waals surface area contributed by atoms with Crippen LogP contribution in [0.25, 0.3) is 0 Å². The van der Waals surface area contributed by atoms with Gasteiger partial charge in [-0.3, -0.25) is 4.79 Å². The van der Waals surface area contributed by atoms with E-state index in [1.165, 1.54) is 49.8 Å². The van der Waals surface area contributed by atoms with E-state index in [-0.39, 0.29) is 28.8 Å². The molecule has 1 heterocycles. The van der Waals surface area contributed by atoms with Gasteiger partial charge in [0.1, 0.15) is 5.75 Å². The van der Waals surface area contributed by atoms with Crippen molar-refractivity contribution < 1.29 is 26.4 Å². The minimum atomic E-state index is -3.71. The maximum Gasteiger partial charge on any atom is 0.243 e. The van der Waals surface area contributed by atoms with Crippen molar-refractivity contribution in [3.63, 3.8) is 0 Å². The van der Waals surface area contributed by atoms with Gasteiger partial charge in [0.05, 0.1) is 22.8 Å². The van der Waals surface area contributed by atoms with Crippen molar-refractivity contribution in [2.24, 2.45) is 5.92 Å². The summed E-state index contributed by atoms with van der Waals surface area (Å²) in [6.07, 6.45) is 1.19. The molecule has 0 radical (unpaired) electrons. The third-order valence-electron chi connectivity index (χ3n) is 5.62. The molecule has 1 aliphatic rings. The van der Waals surface area contributed by atoms with E-state index < -0.39 is 26.0 Å².